The van der Waals surface area contributed by atoms with E-state index in [0.29, 0.717) is 26.1 Å². The predicted molar refractivity (Wildman–Crippen MR) is 89.9 cm³/mol. The molecule has 0 fully saturated rings. The lowest BCUT2D eigenvalue weighted by molar-refractivity contribution is -0.128. The molecule has 2 N–H and O–H groups in total. The third kappa shape index (κ3) is 7.65. The highest BCUT2D eigenvalue weighted by Gasteiger charge is 2.07. The fourth-order valence-corrected chi connectivity index (χ4v) is 1.94. The van der Waals surface area contributed by atoms with Gasteiger partial charge in [-0.3, -0.25) is 4.79 Å². The molecule has 0 aromatic heterocycles. The second-order valence-electron chi connectivity index (χ2n) is 5.47. The second kappa shape index (κ2) is 10.6. The highest BCUT2D eigenvalue weighted by Crippen LogP contribution is 2.10. The number of nitrogens with one attached hydrogen (secondary N) is 2. The van der Waals surface area contributed by atoms with Gasteiger partial charge in [-0.25, -0.2) is 4.79 Å². The average Bonchev–Trinajstić information content (AvgIpc) is 2.54. The zero-order valence-electron chi connectivity index (χ0n) is 14.2. The summed E-state index contributed by atoms with van der Waals surface area (Å²) in [6, 6.07) is 7.59. The molecule has 0 aliphatic carbocycles. The van der Waals surface area contributed by atoms with Crippen LogP contribution in [-0.2, 0) is 22.7 Å². The van der Waals surface area contributed by atoms with Crippen molar-refractivity contribution in [2.45, 2.75) is 32.9 Å². The van der Waals surface area contributed by atoms with Crippen LogP contribution in [0, 0.1) is 0 Å². The van der Waals surface area contributed by atoms with Crippen molar-refractivity contribution in [1.82, 2.24) is 15.5 Å². The van der Waals surface area contributed by atoms with Gasteiger partial charge in [0, 0.05) is 40.2 Å². The lowest BCUT2D eigenvalue weighted by Crippen LogP contribution is -2.37. The maximum atomic E-state index is 11.8. The minimum atomic E-state index is -0.277. The third-order valence-corrected chi connectivity index (χ3v) is 3.29. The van der Waals surface area contributed by atoms with Crippen LogP contribution in [0.3, 0.4) is 0 Å². The Morgan fingerprint density at radius 2 is 1.83 bits per heavy atom. The smallest absolute Gasteiger partial charge is 0.315 e. The Labute approximate surface area is 138 Å². The van der Waals surface area contributed by atoms with Gasteiger partial charge >= 0.3 is 6.03 Å². The fraction of sp³-hybridized carbons (Fsp3) is 0.529. The molecule has 128 valence electrons. The number of urea groups is 1. The lowest BCUT2D eigenvalue weighted by atomic mass is 10.1. The molecule has 6 nitrogen and oxygen atoms in total. The number of hydrogen-bond donors (Lipinski definition) is 2. The molecule has 3 amide bonds. The molecule has 0 unspecified atom stereocenters. The van der Waals surface area contributed by atoms with E-state index in [1.807, 2.05) is 24.3 Å². The number of nitrogens with zero attached hydrogens (tertiary/aromatic N) is 1. The van der Waals surface area contributed by atoms with E-state index in [1.165, 1.54) is 4.90 Å². The summed E-state index contributed by atoms with van der Waals surface area (Å²) in [7, 11) is 3.39. The van der Waals surface area contributed by atoms with Gasteiger partial charge in [0.2, 0.25) is 5.91 Å². The molecule has 0 aliphatic heterocycles. The monoisotopic (exact) mass is 321 g/mol. The van der Waals surface area contributed by atoms with Gasteiger partial charge in [-0.1, -0.05) is 31.2 Å². The Morgan fingerprint density at radius 1 is 1.13 bits per heavy atom. The Balaban J connectivity index is 2.36. The number of benzene rings is 1. The van der Waals surface area contributed by atoms with Crippen molar-refractivity contribution >= 4 is 11.9 Å². The van der Waals surface area contributed by atoms with E-state index in [2.05, 4.69) is 17.6 Å². The summed E-state index contributed by atoms with van der Waals surface area (Å²) in [4.78, 5) is 24.7. The van der Waals surface area contributed by atoms with E-state index in [9.17, 15) is 9.59 Å². The van der Waals surface area contributed by atoms with E-state index in [4.69, 9.17) is 4.74 Å². The number of carbonyl (C=O) groups is 2. The van der Waals surface area contributed by atoms with Gasteiger partial charge in [0.1, 0.15) is 0 Å². The van der Waals surface area contributed by atoms with Crippen molar-refractivity contribution in [1.29, 1.82) is 0 Å². The molecule has 0 bridgehead atoms. The molecule has 0 heterocycles. The summed E-state index contributed by atoms with van der Waals surface area (Å²) in [5, 5.41) is 5.48. The van der Waals surface area contributed by atoms with E-state index in [0.717, 1.165) is 24.2 Å². The van der Waals surface area contributed by atoms with Crippen molar-refractivity contribution in [2.75, 3.05) is 27.2 Å². The van der Waals surface area contributed by atoms with Crippen LogP contribution in [0.2, 0.25) is 0 Å². The molecular formula is C17H27N3O3. The normalized spacial score (nSPS) is 10.2. The van der Waals surface area contributed by atoms with Gasteiger partial charge < -0.3 is 20.3 Å². The number of ether oxygens (including phenoxy) is 1. The van der Waals surface area contributed by atoms with Gasteiger partial charge in [0.05, 0.1) is 6.61 Å². The average molecular weight is 321 g/mol. The van der Waals surface area contributed by atoms with Gasteiger partial charge in [-0.15, -0.1) is 0 Å². The Hall–Kier alpha value is -2.08. The first-order valence-corrected chi connectivity index (χ1v) is 7.91. The molecule has 1 rings (SSSR count). The highest BCUT2D eigenvalue weighted by molar-refractivity contribution is 5.77. The molecule has 1 aromatic rings. The summed E-state index contributed by atoms with van der Waals surface area (Å²) in [6.45, 7) is 4.09. The fourth-order valence-electron chi connectivity index (χ4n) is 1.94. The van der Waals surface area contributed by atoms with E-state index in [1.54, 1.807) is 14.1 Å². The molecule has 0 atom stereocenters. The molecular weight excluding hydrogens is 294 g/mol. The zero-order valence-corrected chi connectivity index (χ0v) is 14.2. The number of carbonyl (C=O) groups excluding carboxylic acids is 2. The third-order valence-electron chi connectivity index (χ3n) is 3.29. The maximum Gasteiger partial charge on any atom is 0.315 e. The summed E-state index contributed by atoms with van der Waals surface area (Å²) < 4.78 is 5.56. The molecule has 0 aliphatic rings. The van der Waals surface area contributed by atoms with Crippen molar-refractivity contribution in [3.63, 3.8) is 0 Å². The number of rotatable bonds is 9. The van der Waals surface area contributed by atoms with Crippen LogP contribution in [0.4, 0.5) is 4.79 Å². The molecule has 6 heteroatoms. The van der Waals surface area contributed by atoms with E-state index < -0.39 is 0 Å². The standard InChI is InChI=1S/C17H27N3O3/c1-4-11-23-13-15-8-6-5-7-14(15)12-19-17(22)18-10-9-16(21)20(2)3/h5-8H,4,9-13H2,1-3H3,(H2,18,19,22). The van der Waals surface area contributed by atoms with Crippen LogP contribution in [0.15, 0.2) is 24.3 Å². The van der Waals surface area contributed by atoms with Crippen molar-refractivity contribution in [2.24, 2.45) is 0 Å². The van der Waals surface area contributed by atoms with Gasteiger partial charge in [-0.2, -0.15) is 0 Å². The first kappa shape index (κ1) is 19.0. The van der Waals surface area contributed by atoms with Crippen LogP contribution >= 0.6 is 0 Å². The largest absolute Gasteiger partial charge is 0.377 e. The van der Waals surface area contributed by atoms with Gasteiger partial charge in [0.15, 0.2) is 0 Å². The van der Waals surface area contributed by atoms with Gasteiger partial charge in [0.25, 0.3) is 0 Å². The van der Waals surface area contributed by atoms with Crippen molar-refractivity contribution in [3.8, 4) is 0 Å². The summed E-state index contributed by atoms with van der Waals surface area (Å²) in [5.41, 5.74) is 2.10. The summed E-state index contributed by atoms with van der Waals surface area (Å²) in [5.74, 6) is -0.0104. The van der Waals surface area contributed by atoms with Crippen LogP contribution < -0.4 is 10.6 Å². The quantitative estimate of drug-likeness (QED) is 0.682. The van der Waals surface area contributed by atoms with Crippen molar-refractivity contribution in [3.05, 3.63) is 35.4 Å². The predicted octanol–water partition coefficient (Wildman–Crippen LogP) is 1.89. The van der Waals surface area contributed by atoms with Crippen molar-refractivity contribution < 1.29 is 14.3 Å². The Morgan fingerprint density at radius 3 is 2.48 bits per heavy atom. The van der Waals surface area contributed by atoms with Crippen LogP contribution in [0.25, 0.3) is 0 Å². The van der Waals surface area contributed by atoms with E-state index >= 15 is 0 Å². The van der Waals surface area contributed by atoms with Crippen LogP contribution in [-0.4, -0.2) is 44.1 Å². The molecule has 0 spiro atoms. The maximum absolute atomic E-state index is 11.8. The molecule has 0 radical (unpaired) electrons. The first-order valence-electron chi connectivity index (χ1n) is 7.91. The Bertz CT molecular complexity index is 504. The minimum absolute atomic E-state index is 0.0104. The van der Waals surface area contributed by atoms with Crippen LogP contribution in [0.5, 0.6) is 0 Å². The zero-order chi connectivity index (χ0) is 17.1. The summed E-state index contributed by atoms with van der Waals surface area (Å²) >= 11 is 0. The first-order chi connectivity index (χ1) is 11.0. The molecule has 0 saturated carbocycles. The molecule has 23 heavy (non-hydrogen) atoms. The molecule has 0 saturated heterocycles. The number of amides is 3. The topological polar surface area (TPSA) is 70.7 Å². The SMILES string of the molecule is CCCOCc1ccccc1CNC(=O)NCCC(=O)N(C)C. The van der Waals surface area contributed by atoms with Crippen LogP contribution in [0.1, 0.15) is 30.9 Å². The second-order valence-corrected chi connectivity index (χ2v) is 5.47. The highest BCUT2D eigenvalue weighted by atomic mass is 16.5. The van der Waals surface area contributed by atoms with E-state index in [-0.39, 0.29) is 11.9 Å². The van der Waals surface area contributed by atoms with Gasteiger partial charge in [-0.05, 0) is 17.5 Å². The molecule has 1 aromatic carbocycles. The number of hydrogen-bond acceptors (Lipinski definition) is 3. The lowest BCUT2D eigenvalue weighted by Gasteiger charge is -2.13. The summed E-state index contributed by atoms with van der Waals surface area (Å²) in [6.07, 6.45) is 1.27. The minimum Gasteiger partial charge on any atom is -0.377 e. The Kier molecular flexibility index (Phi) is 8.75.